The number of ketones is 1. The Kier molecular flexibility index (Phi) is 6.27. The highest BCUT2D eigenvalue weighted by molar-refractivity contribution is 6.51. The minimum Gasteiger partial charge on any atom is -0.507 e. The van der Waals surface area contributed by atoms with Crippen molar-refractivity contribution in [3.63, 3.8) is 0 Å². The molecule has 1 atom stereocenters. The number of amides is 1. The van der Waals surface area contributed by atoms with E-state index in [1.165, 1.54) is 4.90 Å². The zero-order valence-corrected chi connectivity index (χ0v) is 20.3. The van der Waals surface area contributed by atoms with E-state index in [1.54, 1.807) is 74.8 Å². The van der Waals surface area contributed by atoms with Crippen molar-refractivity contribution >= 4 is 39.9 Å². The second-order valence-electron chi connectivity index (χ2n) is 8.98. The van der Waals surface area contributed by atoms with Crippen molar-refractivity contribution in [1.82, 2.24) is 4.98 Å². The van der Waals surface area contributed by atoms with Crippen LogP contribution in [0.2, 0.25) is 0 Å². The first-order chi connectivity index (χ1) is 17.9. The predicted molar refractivity (Wildman–Crippen MR) is 140 cm³/mol. The van der Waals surface area contributed by atoms with Gasteiger partial charge in [-0.2, -0.15) is 0 Å². The second-order valence-corrected chi connectivity index (χ2v) is 8.98. The van der Waals surface area contributed by atoms with E-state index in [9.17, 15) is 19.5 Å². The molecular weight excluding hydrogens is 468 g/mol. The summed E-state index contributed by atoms with van der Waals surface area (Å²) < 4.78 is 5.24. The van der Waals surface area contributed by atoms with Crippen molar-refractivity contribution in [3.8, 4) is 0 Å². The zero-order valence-electron chi connectivity index (χ0n) is 20.3. The van der Waals surface area contributed by atoms with Crippen LogP contribution in [-0.2, 0) is 14.3 Å². The molecule has 1 N–H and O–H groups in total. The van der Waals surface area contributed by atoms with Crippen LogP contribution >= 0.6 is 0 Å². The third kappa shape index (κ3) is 4.36. The Hall–Kier alpha value is -4.78. The van der Waals surface area contributed by atoms with Gasteiger partial charge in [-0.15, -0.1) is 0 Å². The number of aromatic nitrogens is 1. The van der Waals surface area contributed by atoms with Crippen LogP contribution in [0.4, 0.5) is 5.69 Å². The van der Waals surface area contributed by atoms with Gasteiger partial charge in [0.25, 0.3) is 11.7 Å². The number of aliphatic hydroxyl groups excluding tert-OH is 1. The summed E-state index contributed by atoms with van der Waals surface area (Å²) in [6.45, 7) is 3.52. The lowest BCUT2D eigenvalue weighted by molar-refractivity contribution is -0.132. The van der Waals surface area contributed by atoms with Crippen LogP contribution in [0.5, 0.6) is 0 Å². The molecule has 7 heteroatoms. The molecular formula is C30H24N2O5. The molecule has 0 saturated carbocycles. The summed E-state index contributed by atoms with van der Waals surface area (Å²) in [5.41, 5.74) is 1.71. The average Bonchev–Trinajstić information content (AvgIpc) is 3.18. The van der Waals surface area contributed by atoms with Crippen LogP contribution in [0.1, 0.15) is 41.4 Å². The number of benzene rings is 3. The van der Waals surface area contributed by atoms with Gasteiger partial charge in [-0.3, -0.25) is 19.5 Å². The summed E-state index contributed by atoms with van der Waals surface area (Å²) in [5, 5.41) is 13.1. The molecule has 2 heterocycles. The van der Waals surface area contributed by atoms with Gasteiger partial charge in [0.2, 0.25) is 0 Å². The second kappa shape index (κ2) is 9.70. The summed E-state index contributed by atoms with van der Waals surface area (Å²) in [6.07, 6.45) is 2.88. The highest BCUT2D eigenvalue weighted by Gasteiger charge is 2.47. The minimum absolute atomic E-state index is 0.0300. The summed E-state index contributed by atoms with van der Waals surface area (Å²) in [4.78, 5) is 44.6. The fraction of sp³-hybridized carbons (Fsp3) is 0.133. The maximum atomic E-state index is 13.4. The molecule has 1 saturated heterocycles. The van der Waals surface area contributed by atoms with Crippen molar-refractivity contribution < 1.29 is 24.2 Å². The number of nitrogens with zero attached hydrogens (tertiary/aromatic N) is 2. The molecule has 184 valence electrons. The number of aliphatic hydroxyl groups is 1. The van der Waals surface area contributed by atoms with Crippen LogP contribution in [-0.4, -0.2) is 33.9 Å². The lowest BCUT2D eigenvalue weighted by Gasteiger charge is -2.25. The molecule has 0 radical (unpaired) electrons. The quantitative estimate of drug-likeness (QED) is 0.173. The predicted octanol–water partition coefficient (Wildman–Crippen LogP) is 5.43. The van der Waals surface area contributed by atoms with Crippen LogP contribution in [0.3, 0.4) is 0 Å². The van der Waals surface area contributed by atoms with Crippen LogP contribution in [0, 0.1) is 0 Å². The maximum absolute atomic E-state index is 13.4. The van der Waals surface area contributed by atoms with E-state index in [1.807, 2.05) is 30.3 Å². The Morgan fingerprint density at radius 1 is 0.946 bits per heavy atom. The van der Waals surface area contributed by atoms with Crippen molar-refractivity contribution in [2.75, 3.05) is 4.90 Å². The summed E-state index contributed by atoms with van der Waals surface area (Å²) in [7, 11) is 0. The minimum atomic E-state index is -0.916. The Balaban J connectivity index is 1.66. The van der Waals surface area contributed by atoms with Gasteiger partial charge in [0.15, 0.2) is 0 Å². The molecule has 4 aromatic rings. The fourth-order valence-electron chi connectivity index (χ4n) is 4.57. The van der Waals surface area contributed by atoms with Gasteiger partial charge in [-0.1, -0.05) is 48.5 Å². The first-order valence-corrected chi connectivity index (χ1v) is 11.9. The normalized spacial score (nSPS) is 16.9. The molecule has 3 aromatic carbocycles. The molecule has 37 heavy (non-hydrogen) atoms. The largest absolute Gasteiger partial charge is 0.507 e. The molecule has 7 nitrogen and oxygen atoms in total. The van der Waals surface area contributed by atoms with Gasteiger partial charge in [0.05, 0.1) is 23.3 Å². The van der Waals surface area contributed by atoms with E-state index in [-0.39, 0.29) is 17.4 Å². The van der Waals surface area contributed by atoms with Gasteiger partial charge in [-0.05, 0) is 60.5 Å². The number of hydrogen-bond donors (Lipinski definition) is 1. The lowest BCUT2D eigenvalue weighted by atomic mass is 9.94. The number of esters is 1. The fourth-order valence-corrected chi connectivity index (χ4v) is 4.57. The molecule has 0 spiro atoms. The first kappa shape index (κ1) is 23.9. The molecule has 1 aliphatic heterocycles. The molecule has 0 aliphatic carbocycles. The Morgan fingerprint density at radius 2 is 1.68 bits per heavy atom. The maximum Gasteiger partial charge on any atom is 0.338 e. The number of ether oxygens (including phenoxy) is 1. The first-order valence-electron chi connectivity index (χ1n) is 11.9. The number of anilines is 1. The summed E-state index contributed by atoms with van der Waals surface area (Å²) >= 11 is 0. The number of hydrogen-bond acceptors (Lipinski definition) is 6. The van der Waals surface area contributed by atoms with Crippen molar-refractivity contribution in [1.29, 1.82) is 0 Å². The van der Waals surface area contributed by atoms with Gasteiger partial charge >= 0.3 is 5.97 Å². The van der Waals surface area contributed by atoms with Crippen LogP contribution in [0.15, 0.2) is 96.8 Å². The number of carbonyl (C=O) groups excluding carboxylic acids is 3. The van der Waals surface area contributed by atoms with Crippen LogP contribution in [0.25, 0.3) is 16.5 Å². The van der Waals surface area contributed by atoms with E-state index >= 15 is 0 Å². The van der Waals surface area contributed by atoms with E-state index < -0.39 is 23.7 Å². The van der Waals surface area contributed by atoms with Gasteiger partial charge in [-0.25, -0.2) is 4.79 Å². The summed E-state index contributed by atoms with van der Waals surface area (Å²) in [5.74, 6) is -2.33. The third-order valence-electron chi connectivity index (χ3n) is 6.21. The van der Waals surface area contributed by atoms with Crippen molar-refractivity contribution in [2.24, 2.45) is 0 Å². The standard InChI is InChI=1S/C30H24N2O5/c1-18(2)37-30(36)20-12-14-22(15-13-20)32-26(21-9-6-16-31-17-21)25(28(34)29(32)35)27(33)24-11-5-8-19-7-3-4-10-23(19)24/h3-18,26,33H,1-2H3/b27-25-. The lowest BCUT2D eigenvalue weighted by Crippen LogP contribution is -2.29. The van der Waals surface area contributed by atoms with E-state index in [4.69, 9.17) is 4.74 Å². The molecule has 1 unspecified atom stereocenters. The average molecular weight is 493 g/mol. The molecule has 1 fully saturated rings. The van der Waals surface area contributed by atoms with Crippen LogP contribution < -0.4 is 4.90 Å². The highest BCUT2D eigenvalue weighted by Crippen LogP contribution is 2.42. The third-order valence-corrected chi connectivity index (χ3v) is 6.21. The number of fused-ring (bicyclic) bond motifs is 1. The van der Waals surface area contributed by atoms with E-state index in [0.29, 0.717) is 22.4 Å². The topological polar surface area (TPSA) is 96.8 Å². The highest BCUT2D eigenvalue weighted by atomic mass is 16.5. The Morgan fingerprint density at radius 3 is 2.38 bits per heavy atom. The van der Waals surface area contributed by atoms with E-state index in [0.717, 1.165) is 10.8 Å². The smallest absolute Gasteiger partial charge is 0.338 e. The number of pyridine rings is 1. The van der Waals surface area contributed by atoms with Crippen molar-refractivity contribution in [3.05, 3.63) is 114 Å². The molecule has 1 aliphatic rings. The summed E-state index contributed by atoms with van der Waals surface area (Å²) in [6, 6.07) is 21.7. The Bertz CT molecular complexity index is 1540. The Labute approximate surface area is 213 Å². The van der Waals surface area contributed by atoms with Gasteiger partial charge in [0, 0.05) is 23.6 Å². The SMILES string of the molecule is CC(C)OC(=O)c1ccc(N2C(=O)C(=O)/C(=C(\O)c3cccc4ccccc34)C2c2cccnc2)cc1. The monoisotopic (exact) mass is 492 g/mol. The van der Waals surface area contributed by atoms with Gasteiger partial charge < -0.3 is 9.84 Å². The molecule has 5 rings (SSSR count). The molecule has 1 aromatic heterocycles. The number of carbonyl (C=O) groups is 3. The molecule has 1 amide bonds. The number of Topliss-reactive ketones (excluding diaryl/α,β-unsaturated/α-hetero) is 1. The number of rotatable bonds is 5. The zero-order chi connectivity index (χ0) is 26.1. The van der Waals surface area contributed by atoms with E-state index in [2.05, 4.69) is 4.98 Å². The molecule has 0 bridgehead atoms. The van der Waals surface area contributed by atoms with Crippen molar-refractivity contribution in [2.45, 2.75) is 26.0 Å². The van der Waals surface area contributed by atoms with Gasteiger partial charge in [0.1, 0.15) is 5.76 Å².